The quantitative estimate of drug-likeness (QED) is 0.440. The summed E-state index contributed by atoms with van der Waals surface area (Å²) in [7, 11) is 1.64. The van der Waals surface area contributed by atoms with Crippen LogP contribution in [-0.4, -0.2) is 29.1 Å². The van der Waals surface area contributed by atoms with E-state index in [2.05, 4.69) is 42.7 Å². The summed E-state index contributed by atoms with van der Waals surface area (Å²) < 4.78 is 7.78. The monoisotopic (exact) mass is 425 g/mol. The number of carbonyl (C=O) groups excluding carboxylic acids is 1. The first-order valence-electron chi connectivity index (χ1n) is 11.0. The number of hydrogen-bond acceptors (Lipinski definition) is 3. The number of fused-ring (bicyclic) bond motifs is 1. The van der Waals surface area contributed by atoms with E-state index in [1.807, 2.05) is 47.4 Å². The lowest BCUT2D eigenvalue weighted by Gasteiger charge is -2.20. The molecular formula is C27H27N3O2. The molecule has 0 spiro atoms. The zero-order chi connectivity index (χ0) is 22.2. The van der Waals surface area contributed by atoms with Crippen molar-refractivity contribution in [3.05, 3.63) is 89.2 Å². The van der Waals surface area contributed by atoms with Gasteiger partial charge in [0.25, 0.3) is 0 Å². The van der Waals surface area contributed by atoms with Crippen molar-refractivity contribution in [1.82, 2.24) is 9.55 Å². The van der Waals surface area contributed by atoms with E-state index in [9.17, 15) is 4.79 Å². The van der Waals surface area contributed by atoms with Crippen LogP contribution in [0.25, 0.3) is 11.0 Å². The third-order valence-electron chi connectivity index (χ3n) is 6.46. The third-order valence-corrected chi connectivity index (χ3v) is 6.46. The molecule has 0 unspecified atom stereocenters. The number of nitrogens with zero attached hydrogens (tertiary/aromatic N) is 3. The largest absolute Gasteiger partial charge is 0.495 e. The number of aromatic nitrogens is 2. The summed E-state index contributed by atoms with van der Waals surface area (Å²) in [5.74, 6) is 1.80. The molecule has 1 saturated heterocycles. The highest BCUT2D eigenvalue weighted by atomic mass is 16.5. The smallest absolute Gasteiger partial charge is 0.227 e. The van der Waals surface area contributed by atoms with Gasteiger partial charge < -0.3 is 14.2 Å². The van der Waals surface area contributed by atoms with Gasteiger partial charge in [-0.25, -0.2) is 4.98 Å². The molecule has 1 aromatic heterocycles. The standard InChI is InChI=1S/C27H27N3O2/c1-18-12-13-20(14-19(18)2)16-30-23-9-5-4-8-22(23)28-27(30)21-15-26(31)29(17-21)24-10-6-7-11-25(24)32-3/h4-14,21H,15-17H2,1-3H3/t21-/m0/s1. The van der Waals surface area contributed by atoms with Crippen LogP contribution in [0.2, 0.25) is 0 Å². The Morgan fingerprint density at radius 1 is 1.00 bits per heavy atom. The molecule has 1 aliphatic rings. The van der Waals surface area contributed by atoms with Crippen molar-refractivity contribution in [1.29, 1.82) is 0 Å². The van der Waals surface area contributed by atoms with Gasteiger partial charge in [-0.15, -0.1) is 0 Å². The lowest BCUT2D eigenvalue weighted by molar-refractivity contribution is -0.117. The summed E-state index contributed by atoms with van der Waals surface area (Å²) >= 11 is 0. The SMILES string of the molecule is COc1ccccc1N1C[C@@H](c2nc3ccccc3n2Cc2ccc(C)c(C)c2)CC1=O. The molecule has 1 aliphatic heterocycles. The first-order valence-corrected chi connectivity index (χ1v) is 11.0. The molecule has 32 heavy (non-hydrogen) atoms. The zero-order valence-corrected chi connectivity index (χ0v) is 18.7. The first-order chi connectivity index (χ1) is 15.5. The minimum atomic E-state index is 0.0198. The molecule has 0 bridgehead atoms. The van der Waals surface area contributed by atoms with Crippen LogP contribution >= 0.6 is 0 Å². The molecule has 0 aliphatic carbocycles. The number of rotatable bonds is 5. The number of ether oxygens (including phenoxy) is 1. The van der Waals surface area contributed by atoms with Gasteiger partial charge in [0.05, 0.1) is 23.8 Å². The number of imidazole rings is 1. The lowest BCUT2D eigenvalue weighted by atomic mass is 10.1. The number of carbonyl (C=O) groups is 1. The Morgan fingerprint density at radius 2 is 1.78 bits per heavy atom. The summed E-state index contributed by atoms with van der Waals surface area (Å²) in [6.45, 7) is 5.60. The molecule has 162 valence electrons. The summed E-state index contributed by atoms with van der Waals surface area (Å²) in [5, 5.41) is 0. The fraction of sp³-hybridized carbons (Fsp3) is 0.259. The van der Waals surface area contributed by atoms with E-state index in [0.29, 0.717) is 18.7 Å². The number of benzene rings is 3. The minimum absolute atomic E-state index is 0.0198. The molecular weight excluding hydrogens is 398 g/mol. The van der Waals surface area contributed by atoms with Crippen molar-refractivity contribution in [2.45, 2.75) is 32.7 Å². The van der Waals surface area contributed by atoms with Crippen molar-refractivity contribution in [2.24, 2.45) is 0 Å². The van der Waals surface area contributed by atoms with Crippen molar-refractivity contribution >= 4 is 22.6 Å². The van der Waals surface area contributed by atoms with Gasteiger partial charge in [-0.1, -0.05) is 42.5 Å². The number of anilines is 1. The number of methoxy groups -OCH3 is 1. The lowest BCUT2D eigenvalue weighted by Crippen LogP contribution is -2.25. The van der Waals surface area contributed by atoms with Crippen LogP contribution in [0.5, 0.6) is 5.75 Å². The topological polar surface area (TPSA) is 47.4 Å². The van der Waals surface area contributed by atoms with Crippen LogP contribution in [0.4, 0.5) is 5.69 Å². The fourth-order valence-electron chi connectivity index (χ4n) is 4.62. The van der Waals surface area contributed by atoms with Crippen LogP contribution in [-0.2, 0) is 11.3 Å². The molecule has 1 amide bonds. The average Bonchev–Trinajstić information content (AvgIpc) is 3.37. The van der Waals surface area contributed by atoms with Crippen LogP contribution < -0.4 is 9.64 Å². The highest BCUT2D eigenvalue weighted by Crippen LogP contribution is 2.37. The fourth-order valence-corrected chi connectivity index (χ4v) is 4.62. The van der Waals surface area contributed by atoms with E-state index in [1.54, 1.807) is 7.11 Å². The molecule has 2 heterocycles. The van der Waals surface area contributed by atoms with E-state index in [-0.39, 0.29) is 11.8 Å². The van der Waals surface area contributed by atoms with E-state index in [0.717, 1.165) is 29.1 Å². The second-order valence-corrected chi connectivity index (χ2v) is 8.54. The number of amides is 1. The van der Waals surface area contributed by atoms with E-state index >= 15 is 0 Å². The Morgan fingerprint density at radius 3 is 2.59 bits per heavy atom. The van der Waals surface area contributed by atoms with E-state index in [4.69, 9.17) is 9.72 Å². The van der Waals surface area contributed by atoms with Gasteiger partial charge >= 0.3 is 0 Å². The molecule has 5 rings (SSSR count). The number of hydrogen-bond donors (Lipinski definition) is 0. The highest BCUT2D eigenvalue weighted by Gasteiger charge is 2.36. The summed E-state index contributed by atoms with van der Waals surface area (Å²) in [6, 6.07) is 22.5. The Hall–Kier alpha value is -3.60. The van der Waals surface area contributed by atoms with E-state index < -0.39 is 0 Å². The maximum absolute atomic E-state index is 13.0. The van der Waals surface area contributed by atoms with Crippen LogP contribution in [0.3, 0.4) is 0 Å². The Bertz CT molecular complexity index is 1310. The van der Waals surface area contributed by atoms with Crippen molar-refractivity contribution in [2.75, 3.05) is 18.6 Å². The predicted molar refractivity (Wildman–Crippen MR) is 127 cm³/mol. The van der Waals surface area contributed by atoms with Gasteiger partial charge in [0.2, 0.25) is 5.91 Å². The zero-order valence-electron chi connectivity index (χ0n) is 18.7. The Balaban J connectivity index is 1.53. The van der Waals surface area contributed by atoms with Crippen LogP contribution in [0, 0.1) is 13.8 Å². The molecule has 0 radical (unpaired) electrons. The molecule has 3 aromatic carbocycles. The molecule has 0 N–H and O–H groups in total. The van der Waals surface area contributed by atoms with E-state index in [1.165, 1.54) is 16.7 Å². The average molecular weight is 426 g/mol. The molecule has 5 nitrogen and oxygen atoms in total. The Kier molecular flexibility index (Phi) is 5.17. The molecule has 1 atom stereocenters. The van der Waals surface area contributed by atoms with Crippen molar-refractivity contribution in [3.63, 3.8) is 0 Å². The second-order valence-electron chi connectivity index (χ2n) is 8.54. The molecule has 1 fully saturated rings. The maximum Gasteiger partial charge on any atom is 0.227 e. The summed E-state index contributed by atoms with van der Waals surface area (Å²) in [5.41, 5.74) is 6.70. The predicted octanol–water partition coefficient (Wildman–Crippen LogP) is 5.23. The molecule has 4 aromatic rings. The van der Waals surface area contributed by atoms with Crippen LogP contribution in [0.1, 0.15) is 34.9 Å². The highest BCUT2D eigenvalue weighted by molar-refractivity contribution is 5.97. The van der Waals surface area contributed by atoms with Gasteiger partial charge in [0, 0.05) is 25.4 Å². The van der Waals surface area contributed by atoms with Gasteiger partial charge in [0.1, 0.15) is 11.6 Å². The second kappa shape index (κ2) is 8.15. The van der Waals surface area contributed by atoms with Gasteiger partial charge in [0.15, 0.2) is 0 Å². The number of aryl methyl sites for hydroxylation is 2. The van der Waals surface area contributed by atoms with Gasteiger partial charge in [-0.05, 0) is 54.8 Å². The van der Waals surface area contributed by atoms with Gasteiger partial charge in [-0.2, -0.15) is 0 Å². The normalized spacial score (nSPS) is 16.2. The maximum atomic E-state index is 13.0. The van der Waals surface area contributed by atoms with Crippen molar-refractivity contribution in [3.8, 4) is 5.75 Å². The minimum Gasteiger partial charge on any atom is -0.495 e. The third kappa shape index (κ3) is 3.54. The first kappa shape index (κ1) is 20.3. The summed E-state index contributed by atoms with van der Waals surface area (Å²) in [6.07, 6.45) is 0.439. The van der Waals surface area contributed by atoms with Crippen molar-refractivity contribution < 1.29 is 9.53 Å². The Labute approximate surface area is 188 Å². The summed E-state index contributed by atoms with van der Waals surface area (Å²) in [4.78, 5) is 19.9. The van der Waals surface area contributed by atoms with Gasteiger partial charge in [-0.3, -0.25) is 4.79 Å². The van der Waals surface area contributed by atoms with Crippen LogP contribution in [0.15, 0.2) is 66.7 Å². The number of para-hydroxylation sites is 4. The molecule has 5 heteroatoms. The molecule has 0 saturated carbocycles.